The maximum absolute atomic E-state index is 9.45. The van der Waals surface area contributed by atoms with E-state index in [2.05, 4.69) is 21.4 Å². The fraction of sp³-hybridized carbons (Fsp3) is 0.467. The zero-order valence-electron chi connectivity index (χ0n) is 13.1. The van der Waals surface area contributed by atoms with Crippen LogP contribution in [0.2, 0.25) is 0 Å². The fourth-order valence-electron chi connectivity index (χ4n) is 2.34. The molecule has 0 N–H and O–H groups in total. The molecule has 0 saturated carbocycles. The van der Waals surface area contributed by atoms with Gasteiger partial charge in [0, 0.05) is 7.05 Å². The molecule has 0 aromatic carbocycles. The zero-order chi connectivity index (χ0) is 15.6. The van der Waals surface area contributed by atoms with E-state index in [1.54, 1.807) is 4.68 Å². The average Bonchev–Trinajstić information content (AvgIpc) is 2.72. The Morgan fingerprint density at radius 3 is 2.38 bits per heavy atom. The SMILES string of the molecule is CCc1nnc(Oc2c(C)nn(C)c2C)c(C#N)c1CC. The Labute approximate surface area is 124 Å². The van der Waals surface area contributed by atoms with Crippen LogP contribution in [0.4, 0.5) is 0 Å². The number of aromatic nitrogens is 4. The van der Waals surface area contributed by atoms with Gasteiger partial charge >= 0.3 is 0 Å². The Morgan fingerprint density at radius 2 is 1.90 bits per heavy atom. The van der Waals surface area contributed by atoms with E-state index in [-0.39, 0.29) is 5.88 Å². The lowest BCUT2D eigenvalue weighted by atomic mass is 10.0. The number of nitriles is 1. The second-order valence-electron chi connectivity index (χ2n) is 4.85. The number of hydrogen-bond donors (Lipinski definition) is 0. The van der Waals surface area contributed by atoms with E-state index in [1.807, 2.05) is 34.7 Å². The van der Waals surface area contributed by atoms with Gasteiger partial charge in [-0.15, -0.1) is 5.10 Å². The summed E-state index contributed by atoms with van der Waals surface area (Å²) < 4.78 is 7.59. The van der Waals surface area contributed by atoms with Crippen LogP contribution in [0.25, 0.3) is 0 Å². The smallest absolute Gasteiger partial charge is 0.257 e. The van der Waals surface area contributed by atoms with Gasteiger partial charge in [0.2, 0.25) is 0 Å². The van der Waals surface area contributed by atoms with Crippen LogP contribution < -0.4 is 4.74 Å². The highest BCUT2D eigenvalue weighted by atomic mass is 16.5. The fourth-order valence-corrected chi connectivity index (χ4v) is 2.34. The number of ether oxygens (including phenoxy) is 1. The Kier molecular flexibility index (Phi) is 4.22. The molecule has 0 atom stereocenters. The van der Waals surface area contributed by atoms with Gasteiger partial charge in [0.05, 0.1) is 11.4 Å². The van der Waals surface area contributed by atoms with E-state index >= 15 is 0 Å². The summed E-state index contributed by atoms with van der Waals surface area (Å²) >= 11 is 0. The second-order valence-corrected chi connectivity index (χ2v) is 4.85. The molecule has 2 heterocycles. The molecule has 0 spiro atoms. The van der Waals surface area contributed by atoms with Crippen LogP contribution in [0, 0.1) is 25.2 Å². The van der Waals surface area contributed by atoms with Crippen molar-refractivity contribution in [1.29, 1.82) is 5.26 Å². The highest BCUT2D eigenvalue weighted by Crippen LogP contribution is 2.30. The molecule has 0 saturated heterocycles. The minimum Gasteiger partial charge on any atom is -0.433 e. The first-order valence-corrected chi connectivity index (χ1v) is 6.99. The van der Waals surface area contributed by atoms with Crippen LogP contribution in [-0.2, 0) is 19.9 Å². The third-order valence-electron chi connectivity index (χ3n) is 3.57. The lowest BCUT2D eigenvalue weighted by Crippen LogP contribution is -2.05. The predicted molar refractivity (Wildman–Crippen MR) is 78.3 cm³/mol. The van der Waals surface area contributed by atoms with Crippen molar-refractivity contribution in [1.82, 2.24) is 20.0 Å². The van der Waals surface area contributed by atoms with E-state index in [0.29, 0.717) is 11.3 Å². The third kappa shape index (κ3) is 2.59. The summed E-state index contributed by atoms with van der Waals surface area (Å²) in [4.78, 5) is 0. The molecule has 0 unspecified atom stereocenters. The molecular weight excluding hydrogens is 266 g/mol. The highest BCUT2D eigenvalue weighted by Gasteiger charge is 2.19. The van der Waals surface area contributed by atoms with E-state index in [0.717, 1.165) is 35.5 Å². The highest BCUT2D eigenvalue weighted by molar-refractivity contribution is 5.48. The van der Waals surface area contributed by atoms with Gasteiger partial charge in [-0.25, -0.2) is 0 Å². The maximum Gasteiger partial charge on any atom is 0.257 e. The lowest BCUT2D eigenvalue weighted by molar-refractivity contribution is 0.443. The van der Waals surface area contributed by atoms with E-state index in [9.17, 15) is 5.26 Å². The zero-order valence-corrected chi connectivity index (χ0v) is 13.1. The molecule has 0 radical (unpaired) electrons. The number of aryl methyl sites for hydroxylation is 3. The molecule has 0 aliphatic carbocycles. The van der Waals surface area contributed by atoms with Crippen molar-refractivity contribution in [3.8, 4) is 17.7 Å². The second kappa shape index (κ2) is 5.92. The monoisotopic (exact) mass is 285 g/mol. The number of hydrogen-bond acceptors (Lipinski definition) is 5. The molecule has 2 aromatic heterocycles. The van der Waals surface area contributed by atoms with Gasteiger partial charge in [0.25, 0.3) is 5.88 Å². The van der Waals surface area contributed by atoms with Crippen LogP contribution in [0.3, 0.4) is 0 Å². The molecule has 2 rings (SSSR count). The maximum atomic E-state index is 9.45. The van der Waals surface area contributed by atoms with Crippen molar-refractivity contribution >= 4 is 0 Å². The van der Waals surface area contributed by atoms with Crippen molar-refractivity contribution in [3.63, 3.8) is 0 Å². The van der Waals surface area contributed by atoms with Gasteiger partial charge in [-0.1, -0.05) is 13.8 Å². The van der Waals surface area contributed by atoms with E-state index < -0.39 is 0 Å². The third-order valence-corrected chi connectivity index (χ3v) is 3.57. The average molecular weight is 285 g/mol. The van der Waals surface area contributed by atoms with Crippen LogP contribution >= 0.6 is 0 Å². The van der Waals surface area contributed by atoms with Crippen LogP contribution in [0.15, 0.2) is 0 Å². The molecule has 0 aliphatic heterocycles. The summed E-state index contributed by atoms with van der Waals surface area (Å²) in [7, 11) is 1.85. The first-order chi connectivity index (χ1) is 10.0. The van der Waals surface area contributed by atoms with Crippen LogP contribution in [0.1, 0.15) is 42.1 Å². The van der Waals surface area contributed by atoms with Crippen molar-refractivity contribution in [2.45, 2.75) is 40.5 Å². The van der Waals surface area contributed by atoms with Gasteiger partial charge in [-0.2, -0.15) is 15.5 Å². The summed E-state index contributed by atoms with van der Waals surface area (Å²) in [5.74, 6) is 0.889. The molecule has 0 amide bonds. The number of rotatable bonds is 4. The van der Waals surface area contributed by atoms with Crippen molar-refractivity contribution in [2.75, 3.05) is 0 Å². The normalized spacial score (nSPS) is 10.5. The molecule has 0 aliphatic rings. The summed E-state index contributed by atoms with van der Waals surface area (Å²) in [6.45, 7) is 7.78. The topological polar surface area (TPSA) is 76.6 Å². The Morgan fingerprint density at radius 1 is 1.19 bits per heavy atom. The summed E-state index contributed by atoms with van der Waals surface area (Å²) in [6.07, 6.45) is 1.47. The van der Waals surface area contributed by atoms with Gasteiger partial charge in [-0.3, -0.25) is 4.68 Å². The Bertz CT molecular complexity index is 712. The first kappa shape index (κ1) is 15.0. The summed E-state index contributed by atoms with van der Waals surface area (Å²) in [5.41, 5.74) is 3.87. The predicted octanol–water partition coefficient (Wildman–Crippen LogP) is 2.62. The van der Waals surface area contributed by atoms with Crippen LogP contribution in [-0.4, -0.2) is 20.0 Å². The minimum absolute atomic E-state index is 0.255. The minimum atomic E-state index is 0.255. The van der Waals surface area contributed by atoms with Gasteiger partial charge in [0.15, 0.2) is 5.75 Å². The van der Waals surface area contributed by atoms with E-state index in [4.69, 9.17) is 4.74 Å². The quantitative estimate of drug-likeness (QED) is 0.863. The molecule has 2 aromatic rings. The Balaban J connectivity index is 2.53. The molecule has 21 heavy (non-hydrogen) atoms. The lowest BCUT2D eigenvalue weighted by Gasteiger charge is -2.11. The first-order valence-electron chi connectivity index (χ1n) is 6.99. The molecule has 110 valence electrons. The molecule has 0 fully saturated rings. The van der Waals surface area contributed by atoms with Gasteiger partial charge in [0.1, 0.15) is 17.3 Å². The van der Waals surface area contributed by atoms with E-state index in [1.165, 1.54) is 0 Å². The molecular formula is C15H19N5O. The summed E-state index contributed by atoms with van der Waals surface area (Å²) in [5, 5.41) is 22.0. The van der Waals surface area contributed by atoms with Crippen molar-refractivity contribution in [3.05, 3.63) is 28.2 Å². The number of nitrogens with zero attached hydrogens (tertiary/aromatic N) is 5. The van der Waals surface area contributed by atoms with Gasteiger partial charge in [-0.05, 0) is 32.3 Å². The van der Waals surface area contributed by atoms with Crippen molar-refractivity contribution in [2.24, 2.45) is 7.05 Å². The molecule has 6 nitrogen and oxygen atoms in total. The van der Waals surface area contributed by atoms with Crippen molar-refractivity contribution < 1.29 is 4.74 Å². The Hall–Kier alpha value is -2.42. The molecule has 6 heteroatoms. The molecule has 0 bridgehead atoms. The largest absolute Gasteiger partial charge is 0.433 e. The standard InChI is InChI=1S/C15H19N5O/c1-6-11-12(8-16)15(18-17-13(11)7-2)21-14-9(3)19-20(5)10(14)4/h6-7H2,1-5H3. The van der Waals surface area contributed by atoms with Gasteiger partial charge < -0.3 is 4.74 Å². The summed E-state index contributed by atoms with van der Waals surface area (Å²) in [6, 6.07) is 2.20. The van der Waals surface area contributed by atoms with Crippen LogP contribution in [0.5, 0.6) is 11.6 Å².